The van der Waals surface area contributed by atoms with Gasteiger partial charge in [-0.1, -0.05) is 27.7 Å². The van der Waals surface area contributed by atoms with Gasteiger partial charge >= 0.3 is 0 Å². The zero-order valence-corrected chi connectivity index (χ0v) is 18.4. The molecule has 0 bridgehead atoms. The molecule has 27 heavy (non-hydrogen) atoms. The topological polar surface area (TPSA) is 64.6 Å². The first kappa shape index (κ1) is 26.1. The van der Waals surface area contributed by atoms with E-state index < -0.39 is 0 Å². The molecular weight excluding hydrogens is 342 g/mol. The quantitative estimate of drug-likeness (QED) is 0.468. The number of carbonyl (C=O) groups is 2. The van der Waals surface area contributed by atoms with E-state index in [9.17, 15) is 9.59 Å². The highest BCUT2D eigenvalue weighted by molar-refractivity contribution is 5.83. The Morgan fingerprint density at radius 3 is 2.00 bits per heavy atom. The fourth-order valence-corrected chi connectivity index (χ4v) is 3.30. The summed E-state index contributed by atoms with van der Waals surface area (Å²) < 4.78 is 10.8. The van der Waals surface area contributed by atoms with Gasteiger partial charge in [0, 0.05) is 52.2 Å². The molecule has 1 aliphatic rings. The Hall–Kier alpha value is -0.940. The maximum atomic E-state index is 12.2. The number of amides is 1. The lowest BCUT2D eigenvalue weighted by molar-refractivity contribution is -0.130. The second-order valence-corrected chi connectivity index (χ2v) is 7.27. The zero-order chi connectivity index (χ0) is 20.5. The van der Waals surface area contributed by atoms with E-state index in [0.717, 1.165) is 64.8 Å². The van der Waals surface area contributed by atoms with E-state index in [1.807, 2.05) is 34.6 Å². The van der Waals surface area contributed by atoms with Crippen LogP contribution >= 0.6 is 0 Å². The summed E-state index contributed by atoms with van der Waals surface area (Å²) in [6.45, 7) is 13.6. The van der Waals surface area contributed by atoms with Crippen molar-refractivity contribution in [3.8, 4) is 0 Å². The van der Waals surface area contributed by atoms with Gasteiger partial charge in [0.15, 0.2) is 0 Å². The first-order valence-electron chi connectivity index (χ1n) is 11.0. The number of ketones is 1. The van der Waals surface area contributed by atoms with Crippen LogP contribution in [0.4, 0.5) is 0 Å². The summed E-state index contributed by atoms with van der Waals surface area (Å²) in [7, 11) is 0. The van der Waals surface area contributed by atoms with E-state index in [-0.39, 0.29) is 25.1 Å². The molecule has 0 aromatic rings. The predicted octanol–water partition coefficient (Wildman–Crippen LogP) is 4.63. The van der Waals surface area contributed by atoms with E-state index in [2.05, 4.69) is 5.32 Å². The summed E-state index contributed by atoms with van der Waals surface area (Å²) in [5.41, 5.74) is 0. The highest BCUT2D eigenvalue weighted by atomic mass is 16.5. The van der Waals surface area contributed by atoms with Crippen molar-refractivity contribution in [3.05, 3.63) is 0 Å². The molecule has 1 amide bonds. The SMILES string of the molecule is CC.CCOCCCCOCCCNC(=O)C1CCC(C(=O)C(C)C)CC1.[HH]. The summed E-state index contributed by atoms with van der Waals surface area (Å²) in [5.74, 6) is 0.856. The maximum absolute atomic E-state index is 12.2. The molecule has 0 radical (unpaired) electrons. The fourth-order valence-electron chi connectivity index (χ4n) is 3.30. The smallest absolute Gasteiger partial charge is 0.223 e. The van der Waals surface area contributed by atoms with Crippen LogP contribution in [0.25, 0.3) is 0 Å². The van der Waals surface area contributed by atoms with Crippen LogP contribution in [0.3, 0.4) is 0 Å². The van der Waals surface area contributed by atoms with Gasteiger partial charge in [0.2, 0.25) is 5.91 Å². The van der Waals surface area contributed by atoms with Crippen molar-refractivity contribution in [3.63, 3.8) is 0 Å². The molecule has 1 rings (SSSR count). The Labute approximate surface area is 168 Å². The van der Waals surface area contributed by atoms with Gasteiger partial charge in [-0.15, -0.1) is 0 Å². The fraction of sp³-hybridized carbons (Fsp3) is 0.909. The molecule has 0 spiro atoms. The molecule has 1 N–H and O–H groups in total. The third kappa shape index (κ3) is 12.2. The van der Waals surface area contributed by atoms with Gasteiger partial charge in [0.05, 0.1) is 0 Å². The Morgan fingerprint density at radius 1 is 0.926 bits per heavy atom. The Bertz CT molecular complexity index is 383. The van der Waals surface area contributed by atoms with Crippen molar-refractivity contribution in [1.29, 1.82) is 0 Å². The molecule has 0 aromatic heterocycles. The molecule has 0 atom stereocenters. The molecule has 162 valence electrons. The first-order valence-corrected chi connectivity index (χ1v) is 11.0. The third-order valence-corrected chi connectivity index (χ3v) is 4.87. The molecule has 5 nitrogen and oxygen atoms in total. The Balaban J connectivity index is 0. The Morgan fingerprint density at radius 2 is 1.44 bits per heavy atom. The van der Waals surface area contributed by atoms with Crippen LogP contribution in [0, 0.1) is 17.8 Å². The summed E-state index contributed by atoms with van der Waals surface area (Å²) in [6, 6.07) is 0. The number of rotatable bonds is 13. The molecule has 0 aliphatic heterocycles. The average molecular weight is 388 g/mol. The van der Waals surface area contributed by atoms with Crippen LogP contribution in [0.1, 0.15) is 81.0 Å². The summed E-state index contributed by atoms with van der Waals surface area (Å²) in [5, 5.41) is 3.01. The Kier molecular flexibility index (Phi) is 16.6. The lowest BCUT2D eigenvalue weighted by Crippen LogP contribution is -2.35. The minimum atomic E-state index is 0. The highest BCUT2D eigenvalue weighted by Gasteiger charge is 2.30. The largest absolute Gasteiger partial charge is 0.382 e. The number of nitrogens with one attached hydrogen (secondary N) is 1. The number of unbranched alkanes of at least 4 members (excludes halogenated alkanes) is 1. The minimum Gasteiger partial charge on any atom is -0.382 e. The molecule has 1 fully saturated rings. The number of ether oxygens (including phenoxy) is 2. The van der Waals surface area contributed by atoms with Crippen LogP contribution < -0.4 is 5.32 Å². The van der Waals surface area contributed by atoms with Gasteiger partial charge < -0.3 is 14.8 Å². The average Bonchev–Trinajstić information content (AvgIpc) is 2.70. The van der Waals surface area contributed by atoms with Crippen LogP contribution in [-0.2, 0) is 19.1 Å². The van der Waals surface area contributed by atoms with Gasteiger partial charge in [-0.3, -0.25) is 9.59 Å². The molecule has 1 aliphatic carbocycles. The molecule has 1 saturated carbocycles. The maximum Gasteiger partial charge on any atom is 0.223 e. The van der Waals surface area contributed by atoms with E-state index in [0.29, 0.717) is 18.9 Å². The van der Waals surface area contributed by atoms with Gasteiger partial charge in [-0.25, -0.2) is 0 Å². The van der Waals surface area contributed by atoms with Crippen LogP contribution in [0.2, 0.25) is 0 Å². The molecule has 0 heterocycles. The molecule has 0 aromatic carbocycles. The lowest BCUT2D eigenvalue weighted by Gasteiger charge is -2.27. The van der Waals surface area contributed by atoms with Gasteiger partial charge in [-0.2, -0.15) is 0 Å². The van der Waals surface area contributed by atoms with Gasteiger partial charge in [0.1, 0.15) is 5.78 Å². The number of carbonyl (C=O) groups excluding carboxylic acids is 2. The standard InChI is InChI=1S/C20H37NO4.C2H6.H2/c1-4-24-13-5-6-14-25-15-7-12-21-20(23)18-10-8-17(9-11-18)19(22)16(2)3;1-2;/h16-18H,4-15H2,1-3H3,(H,21,23);1-2H3;1H. The first-order chi connectivity index (χ1) is 13.1. The van der Waals surface area contributed by atoms with E-state index in [1.165, 1.54) is 0 Å². The number of hydrogen-bond donors (Lipinski definition) is 1. The van der Waals surface area contributed by atoms with Gasteiger partial charge in [0.25, 0.3) is 0 Å². The summed E-state index contributed by atoms with van der Waals surface area (Å²) in [4.78, 5) is 24.2. The van der Waals surface area contributed by atoms with Crippen molar-refractivity contribution in [2.45, 2.75) is 79.6 Å². The van der Waals surface area contributed by atoms with Crippen molar-refractivity contribution in [2.24, 2.45) is 17.8 Å². The summed E-state index contributed by atoms with van der Waals surface area (Å²) in [6.07, 6.45) is 6.30. The van der Waals surface area contributed by atoms with Gasteiger partial charge in [-0.05, 0) is 51.9 Å². The zero-order valence-electron chi connectivity index (χ0n) is 18.4. The van der Waals surface area contributed by atoms with Crippen LogP contribution in [0.15, 0.2) is 0 Å². The lowest BCUT2D eigenvalue weighted by atomic mass is 9.77. The molecule has 0 unspecified atom stereocenters. The van der Waals surface area contributed by atoms with E-state index >= 15 is 0 Å². The molecular formula is C22H45NO4. The molecule has 0 saturated heterocycles. The van der Waals surface area contributed by atoms with Crippen LogP contribution in [0.5, 0.6) is 0 Å². The van der Waals surface area contributed by atoms with Crippen LogP contribution in [-0.4, -0.2) is 44.7 Å². The third-order valence-electron chi connectivity index (χ3n) is 4.87. The van der Waals surface area contributed by atoms with Crippen molar-refractivity contribution in [2.75, 3.05) is 33.0 Å². The van der Waals surface area contributed by atoms with Crippen molar-refractivity contribution in [1.82, 2.24) is 5.32 Å². The predicted molar refractivity (Wildman–Crippen MR) is 113 cm³/mol. The number of Topliss-reactive ketones (excluding diaryl/α,β-unsaturated/α-hetero) is 1. The molecule has 5 heteroatoms. The second-order valence-electron chi connectivity index (χ2n) is 7.27. The highest BCUT2D eigenvalue weighted by Crippen LogP contribution is 2.30. The summed E-state index contributed by atoms with van der Waals surface area (Å²) >= 11 is 0. The normalized spacial score (nSPS) is 19.3. The van der Waals surface area contributed by atoms with E-state index in [4.69, 9.17) is 9.47 Å². The monoisotopic (exact) mass is 387 g/mol. The minimum absolute atomic E-state index is 0. The van der Waals surface area contributed by atoms with E-state index in [1.54, 1.807) is 0 Å². The van der Waals surface area contributed by atoms with Crippen molar-refractivity contribution < 1.29 is 20.5 Å². The number of hydrogen-bond acceptors (Lipinski definition) is 4. The second kappa shape index (κ2) is 17.2. The van der Waals surface area contributed by atoms with Crippen molar-refractivity contribution >= 4 is 11.7 Å².